The van der Waals surface area contributed by atoms with Crippen LogP contribution in [0.25, 0.3) is 0 Å². The van der Waals surface area contributed by atoms with Gasteiger partial charge >= 0.3 is 0 Å². The van der Waals surface area contributed by atoms with Gasteiger partial charge in [-0.05, 0) is 0 Å². The number of aromatic nitrogens is 1. The lowest BCUT2D eigenvalue weighted by atomic mass is 9.89. The van der Waals surface area contributed by atoms with Gasteiger partial charge in [0.25, 0.3) is 5.91 Å². The number of ether oxygens (including phenoxy) is 1. The van der Waals surface area contributed by atoms with E-state index in [9.17, 15) is 9.59 Å². The Labute approximate surface area is 92.8 Å². The van der Waals surface area contributed by atoms with E-state index >= 15 is 0 Å². The van der Waals surface area contributed by atoms with E-state index in [1.807, 2.05) is 6.92 Å². The Bertz CT molecular complexity index is 449. The summed E-state index contributed by atoms with van der Waals surface area (Å²) in [6, 6.07) is 1.34. The number of hydrogen-bond acceptors (Lipinski definition) is 3. The number of carbonyl (C=O) groups excluding carboxylic acids is 1. The molecule has 0 atom stereocenters. The van der Waals surface area contributed by atoms with Crippen LogP contribution in [0.3, 0.4) is 0 Å². The van der Waals surface area contributed by atoms with E-state index in [0.717, 1.165) is 0 Å². The van der Waals surface area contributed by atoms with Crippen LogP contribution < -0.4 is 10.7 Å². The average Bonchev–Trinajstić information content (AvgIpc) is 2.24. The summed E-state index contributed by atoms with van der Waals surface area (Å²) in [5.74, 6) is -0.338. The molecule has 0 unspecified atom stereocenters. The zero-order valence-electron chi connectivity index (χ0n) is 9.08. The number of H-pyrrole nitrogens is 1. The van der Waals surface area contributed by atoms with E-state index in [0.29, 0.717) is 19.8 Å². The molecule has 1 amide bonds. The van der Waals surface area contributed by atoms with Gasteiger partial charge in [0.1, 0.15) is 5.56 Å². The minimum atomic E-state index is -0.338. The van der Waals surface area contributed by atoms with Crippen molar-refractivity contribution in [1.82, 2.24) is 10.3 Å². The second-order valence-electron chi connectivity index (χ2n) is 4.41. The van der Waals surface area contributed by atoms with Gasteiger partial charge < -0.3 is 15.0 Å². The SMILES string of the molecule is CC1(CNC(=O)c2c[nH]ccc2=O)COC1. The maximum absolute atomic E-state index is 11.7. The Kier molecular flexibility index (Phi) is 2.78. The van der Waals surface area contributed by atoms with Crippen molar-refractivity contribution in [3.8, 4) is 0 Å². The summed E-state index contributed by atoms with van der Waals surface area (Å²) in [5, 5.41) is 2.74. The fourth-order valence-corrected chi connectivity index (χ4v) is 1.54. The van der Waals surface area contributed by atoms with Crippen LogP contribution in [0.15, 0.2) is 23.3 Å². The first-order chi connectivity index (χ1) is 7.61. The fraction of sp³-hybridized carbons (Fsp3) is 0.455. The highest BCUT2D eigenvalue weighted by molar-refractivity contribution is 5.93. The number of aromatic amines is 1. The summed E-state index contributed by atoms with van der Waals surface area (Å²) in [6.07, 6.45) is 2.91. The topological polar surface area (TPSA) is 71.2 Å². The van der Waals surface area contributed by atoms with Crippen LogP contribution in [0.4, 0.5) is 0 Å². The maximum atomic E-state index is 11.7. The summed E-state index contributed by atoms with van der Waals surface area (Å²) < 4.78 is 5.08. The average molecular weight is 222 g/mol. The van der Waals surface area contributed by atoms with Crippen molar-refractivity contribution in [2.75, 3.05) is 19.8 Å². The van der Waals surface area contributed by atoms with Crippen LogP contribution in [0.1, 0.15) is 17.3 Å². The minimum Gasteiger partial charge on any atom is -0.380 e. The van der Waals surface area contributed by atoms with Crippen molar-refractivity contribution in [2.45, 2.75) is 6.92 Å². The molecule has 0 aromatic carbocycles. The zero-order valence-corrected chi connectivity index (χ0v) is 9.08. The van der Waals surface area contributed by atoms with E-state index in [-0.39, 0.29) is 22.3 Å². The molecule has 1 saturated heterocycles. The summed E-state index contributed by atoms with van der Waals surface area (Å²) in [7, 11) is 0. The van der Waals surface area contributed by atoms with Crippen molar-refractivity contribution in [1.29, 1.82) is 0 Å². The first kappa shape index (κ1) is 10.9. The van der Waals surface area contributed by atoms with Crippen LogP contribution in [-0.2, 0) is 4.74 Å². The summed E-state index contributed by atoms with van der Waals surface area (Å²) in [5.41, 5.74) is -0.116. The van der Waals surface area contributed by atoms with Gasteiger partial charge in [0.05, 0.1) is 13.2 Å². The van der Waals surface area contributed by atoms with Crippen molar-refractivity contribution >= 4 is 5.91 Å². The molecular formula is C11H14N2O3. The molecule has 1 aromatic rings. The second-order valence-corrected chi connectivity index (χ2v) is 4.41. The first-order valence-corrected chi connectivity index (χ1v) is 5.14. The largest absolute Gasteiger partial charge is 0.380 e. The van der Waals surface area contributed by atoms with Crippen LogP contribution in [0.5, 0.6) is 0 Å². The molecule has 1 fully saturated rings. The van der Waals surface area contributed by atoms with Gasteiger partial charge in [-0.3, -0.25) is 9.59 Å². The van der Waals surface area contributed by atoms with Gasteiger partial charge in [-0.1, -0.05) is 6.92 Å². The molecule has 1 aromatic heterocycles. The number of carbonyl (C=O) groups is 1. The van der Waals surface area contributed by atoms with Crippen molar-refractivity contribution in [3.05, 3.63) is 34.2 Å². The van der Waals surface area contributed by atoms with Gasteiger partial charge in [-0.2, -0.15) is 0 Å². The lowest BCUT2D eigenvalue weighted by Crippen LogP contribution is -2.49. The van der Waals surface area contributed by atoms with Crippen LogP contribution in [-0.4, -0.2) is 30.6 Å². The summed E-state index contributed by atoms with van der Waals surface area (Å²) in [4.78, 5) is 25.8. The van der Waals surface area contributed by atoms with Crippen LogP contribution in [0.2, 0.25) is 0 Å². The molecule has 2 heterocycles. The Morgan fingerprint density at radius 3 is 2.94 bits per heavy atom. The predicted molar refractivity (Wildman–Crippen MR) is 58.3 cm³/mol. The van der Waals surface area contributed by atoms with Crippen molar-refractivity contribution in [2.24, 2.45) is 5.41 Å². The minimum absolute atomic E-state index is 0.0111. The smallest absolute Gasteiger partial charge is 0.256 e. The van der Waals surface area contributed by atoms with Gasteiger partial charge in [-0.25, -0.2) is 0 Å². The molecule has 0 aliphatic carbocycles. The Hall–Kier alpha value is -1.62. The highest BCUT2D eigenvalue weighted by atomic mass is 16.5. The zero-order chi connectivity index (χ0) is 11.6. The molecular weight excluding hydrogens is 208 g/mol. The van der Waals surface area contributed by atoms with Crippen molar-refractivity contribution in [3.63, 3.8) is 0 Å². The Balaban J connectivity index is 1.98. The number of pyridine rings is 1. The lowest BCUT2D eigenvalue weighted by molar-refractivity contribution is -0.0978. The number of rotatable bonds is 3. The number of hydrogen-bond donors (Lipinski definition) is 2. The molecule has 0 saturated carbocycles. The Morgan fingerprint density at radius 2 is 2.38 bits per heavy atom. The third kappa shape index (κ3) is 2.14. The lowest BCUT2D eigenvalue weighted by Gasteiger charge is -2.37. The maximum Gasteiger partial charge on any atom is 0.256 e. The molecule has 86 valence electrons. The summed E-state index contributed by atoms with van der Waals surface area (Å²) >= 11 is 0. The van der Waals surface area contributed by atoms with Gasteiger partial charge in [0, 0.05) is 30.4 Å². The molecule has 0 radical (unpaired) electrons. The van der Waals surface area contributed by atoms with Crippen LogP contribution >= 0.6 is 0 Å². The molecule has 1 aliphatic rings. The van der Waals surface area contributed by atoms with Crippen LogP contribution in [0, 0.1) is 5.41 Å². The van der Waals surface area contributed by atoms with E-state index < -0.39 is 0 Å². The van der Waals surface area contributed by atoms with E-state index in [1.54, 1.807) is 0 Å². The third-order valence-corrected chi connectivity index (χ3v) is 2.65. The van der Waals surface area contributed by atoms with Crippen molar-refractivity contribution < 1.29 is 9.53 Å². The number of amides is 1. The van der Waals surface area contributed by atoms with E-state index in [2.05, 4.69) is 10.3 Å². The molecule has 5 heteroatoms. The molecule has 0 spiro atoms. The van der Waals surface area contributed by atoms with E-state index in [1.165, 1.54) is 18.5 Å². The molecule has 5 nitrogen and oxygen atoms in total. The highest BCUT2D eigenvalue weighted by Gasteiger charge is 2.33. The summed E-state index contributed by atoms with van der Waals surface area (Å²) in [6.45, 7) is 3.86. The number of nitrogens with one attached hydrogen (secondary N) is 2. The first-order valence-electron chi connectivity index (χ1n) is 5.14. The molecule has 2 rings (SSSR count). The molecule has 2 N–H and O–H groups in total. The molecule has 1 aliphatic heterocycles. The normalized spacial score (nSPS) is 17.6. The standard InChI is InChI=1S/C11H14N2O3/c1-11(6-16-7-11)5-13-10(15)8-4-12-3-2-9(8)14/h2-4H,5-7H2,1H3,(H,12,14)(H,13,15). The van der Waals surface area contributed by atoms with Gasteiger partial charge in [0.2, 0.25) is 0 Å². The van der Waals surface area contributed by atoms with Gasteiger partial charge in [-0.15, -0.1) is 0 Å². The second kappa shape index (κ2) is 4.09. The fourth-order valence-electron chi connectivity index (χ4n) is 1.54. The highest BCUT2D eigenvalue weighted by Crippen LogP contribution is 2.24. The van der Waals surface area contributed by atoms with Gasteiger partial charge in [0.15, 0.2) is 5.43 Å². The molecule has 0 bridgehead atoms. The van der Waals surface area contributed by atoms with E-state index in [4.69, 9.17) is 4.74 Å². The monoisotopic (exact) mass is 222 g/mol. The molecule has 16 heavy (non-hydrogen) atoms. The quantitative estimate of drug-likeness (QED) is 0.764. The third-order valence-electron chi connectivity index (χ3n) is 2.65. The predicted octanol–water partition coefficient (Wildman–Crippen LogP) is 0.141. The Morgan fingerprint density at radius 1 is 1.62 bits per heavy atom.